The number of methoxy groups -OCH3 is 1. The molecule has 6 heteroatoms. The minimum absolute atomic E-state index is 0.0325. The average Bonchev–Trinajstić information content (AvgIpc) is 2.43. The van der Waals surface area contributed by atoms with Crippen molar-refractivity contribution in [3.8, 4) is 11.5 Å². The minimum atomic E-state index is -0.847. The lowest BCUT2D eigenvalue weighted by Crippen LogP contribution is -2.45. The van der Waals surface area contributed by atoms with Gasteiger partial charge in [-0.25, -0.2) is 0 Å². The number of aliphatic carboxylic acids is 1. The first kappa shape index (κ1) is 14.6. The van der Waals surface area contributed by atoms with Crippen molar-refractivity contribution in [3.63, 3.8) is 0 Å². The number of ether oxygens (including phenoxy) is 2. The fraction of sp³-hybridized carbons (Fsp3) is 0.500. The van der Waals surface area contributed by atoms with Gasteiger partial charge in [-0.1, -0.05) is 0 Å². The van der Waals surface area contributed by atoms with Crippen molar-refractivity contribution in [1.29, 1.82) is 0 Å². The molecule has 1 saturated heterocycles. The van der Waals surface area contributed by atoms with Gasteiger partial charge in [0.1, 0.15) is 11.5 Å². The number of nitrogens with zero attached hydrogens (tertiary/aromatic N) is 1. The second-order valence-electron chi connectivity index (χ2n) is 4.79. The summed E-state index contributed by atoms with van der Waals surface area (Å²) in [7, 11) is 1.57. The summed E-state index contributed by atoms with van der Waals surface area (Å²) in [4.78, 5) is 12.9. The van der Waals surface area contributed by atoms with E-state index in [9.17, 15) is 9.90 Å². The van der Waals surface area contributed by atoms with Gasteiger partial charge in [0.15, 0.2) is 0 Å². The first-order valence-corrected chi connectivity index (χ1v) is 6.49. The lowest BCUT2D eigenvalue weighted by atomic mass is 10.1. The molecule has 1 heterocycles. The molecule has 0 aromatic heterocycles. The summed E-state index contributed by atoms with van der Waals surface area (Å²) in [5.74, 6) is 0.00701. The standard InChI is InChI=1S/C14H19NO5/c1-19-12-2-3-13(16)10(6-12)8-15-4-5-20-9-11(15)7-14(17)18/h2-3,6,11,16H,4-5,7-9H2,1H3,(H,17,18). The molecule has 0 bridgehead atoms. The van der Waals surface area contributed by atoms with Crippen molar-refractivity contribution in [3.05, 3.63) is 23.8 Å². The highest BCUT2D eigenvalue weighted by Gasteiger charge is 2.26. The van der Waals surface area contributed by atoms with Crippen LogP contribution in [-0.4, -0.2) is 54.0 Å². The van der Waals surface area contributed by atoms with Gasteiger partial charge in [-0.15, -0.1) is 0 Å². The number of rotatable bonds is 5. The molecule has 110 valence electrons. The largest absolute Gasteiger partial charge is 0.508 e. The number of carboxylic acid groups (broad SMARTS) is 1. The van der Waals surface area contributed by atoms with E-state index in [0.717, 1.165) is 5.56 Å². The van der Waals surface area contributed by atoms with Crippen LogP contribution < -0.4 is 4.74 Å². The molecule has 2 N–H and O–H groups in total. The molecule has 1 fully saturated rings. The van der Waals surface area contributed by atoms with E-state index in [-0.39, 0.29) is 18.2 Å². The Balaban J connectivity index is 2.11. The van der Waals surface area contributed by atoms with Gasteiger partial charge >= 0.3 is 5.97 Å². The SMILES string of the molecule is COc1ccc(O)c(CN2CCOCC2CC(=O)O)c1. The van der Waals surface area contributed by atoms with Crippen LogP contribution in [0.5, 0.6) is 11.5 Å². The lowest BCUT2D eigenvalue weighted by molar-refractivity contribution is -0.140. The molecule has 1 atom stereocenters. The third-order valence-corrected chi connectivity index (χ3v) is 3.42. The zero-order valence-corrected chi connectivity index (χ0v) is 11.4. The number of phenols is 1. The molecule has 6 nitrogen and oxygen atoms in total. The van der Waals surface area contributed by atoms with Gasteiger partial charge in [0.05, 0.1) is 26.7 Å². The Morgan fingerprint density at radius 1 is 1.55 bits per heavy atom. The van der Waals surface area contributed by atoms with Crippen molar-refractivity contribution in [2.45, 2.75) is 19.0 Å². The highest BCUT2D eigenvalue weighted by atomic mass is 16.5. The van der Waals surface area contributed by atoms with Gasteiger partial charge in [0.25, 0.3) is 0 Å². The summed E-state index contributed by atoms with van der Waals surface area (Å²) in [5.41, 5.74) is 0.724. The molecule has 1 aliphatic rings. The van der Waals surface area contributed by atoms with Crippen LogP contribution in [0.4, 0.5) is 0 Å². The predicted octanol–water partition coefficient (Wildman–Crippen LogP) is 1.08. The second-order valence-corrected chi connectivity index (χ2v) is 4.79. The summed E-state index contributed by atoms with van der Waals surface area (Å²) >= 11 is 0. The Labute approximate surface area is 117 Å². The first-order chi connectivity index (χ1) is 9.60. The highest BCUT2D eigenvalue weighted by Crippen LogP contribution is 2.26. The third-order valence-electron chi connectivity index (χ3n) is 3.42. The highest BCUT2D eigenvalue weighted by molar-refractivity contribution is 5.67. The fourth-order valence-corrected chi connectivity index (χ4v) is 2.32. The fourth-order valence-electron chi connectivity index (χ4n) is 2.32. The van der Waals surface area contributed by atoms with Crippen LogP contribution in [0.1, 0.15) is 12.0 Å². The van der Waals surface area contributed by atoms with E-state index in [1.807, 2.05) is 4.90 Å². The lowest BCUT2D eigenvalue weighted by Gasteiger charge is -2.34. The first-order valence-electron chi connectivity index (χ1n) is 6.49. The predicted molar refractivity (Wildman–Crippen MR) is 71.9 cm³/mol. The maximum absolute atomic E-state index is 10.9. The molecule has 20 heavy (non-hydrogen) atoms. The smallest absolute Gasteiger partial charge is 0.305 e. The summed E-state index contributed by atoms with van der Waals surface area (Å²) in [6.45, 7) is 2.09. The van der Waals surface area contributed by atoms with Gasteiger partial charge in [0.2, 0.25) is 0 Å². The number of morpholine rings is 1. The summed E-state index contributed by atoms with van der Waals surface area (Å²) in [6, 6.07) is 4.86. The average molecular weight is 281 g/mol. The van der Waals surface area contributed by atoms with Crippen LogP contribution in [0.3, 0.4) is 0 Å². The number of carboxylic acids is 1. The number of carbonyl (C=O) groups is 1. The second kappa shape index (κ2) is 6.58. The molecule has 0 spiro atoms. The number of phenolic OH excluding ortho intramolecular Hbond substituents is 1. The number of hydrogen-bond acceptors (Lipinski definition) is 5. The van der Waals surface area contributed by atoms with E-state index >= 15 is 0 Å². The van der Waals surface area contributed by atoms with Crippen molar-refractivity contribution < 1.29 is 24.5 Å². The molecule has 0 amide bonds. The molecule has 1 aromatic carbocycles. The summed E-state index contributed by atoms with van der Waals surface area (Å²) in [6.07, 6.45) is 0.0325. The normalized spacial score (nSPS) is 19.8. The van der Waals surface area contributed by atoms with Gasteiger partial charge < -0.3 is 19.7 Å². The van der Waals surface area contributed by atoms with Crippen molar-refractivity contribution in [2.75, 3.05) is 26.9 Å². The van der Waals surface area contributed by atoms with E-state index in [4.69, 9.17) is 14.6 Å². The van der Waals surface area contributed by atoms with E-state index in [1.54, 1.807) is 25.3 Å². The van der Waals surface area contributed by atoms with Crippen LogP contribution in [0, 0.1) is 0 Å². The maximum atomic E-state index is 10.9. The van der Waals surface area contributed by atoms with Crippen LogP contribution in [0.2, 0.25) is 0 Å². The molecule has 0 saturated carbocycles. The zero-order valence-electron chi connectivity index (χ0n) is 11.4. The summed E-state index contributed by atoms with van der Waals surface area (Å²) < 4.78 is 10.5. The van der Waals surface area contributed by atoms with Crippen molar-refractivity contribution in [1.82, 2.24) is 4.90 Å². The third kappa shape index (κ3) is 3.61. The monoisotopic (exact) mass is 281 g/mol. The quantitative estimate of drug-likeness (QED) is 0.840. The van der Waals surface area contributed by atoms with Gasteiger partial charge in [-0.3, -0.25) is 9.69 Å². The molecular weight excluding hydrogens is 262 g/mol. The van der Waals surface area contributed by atoms with Crippen LogP contribution in [-0.2, 0) is 16.1 Å². The van der Waals surface area contributed by atoms with Crippen LogP contribution in [0.15, 0.2) is 18.2 Å². The Bertz CT molecular complexity index is 477. The number of benzene rings is 1. The van der Waals surface area contributed by atoms with Gasteiger partial charge in [-0.2, -0.15) is 0 Å². The Morgan fingerprint density at radius 3 is 3.05 bits per heavy atom. The molecule has 1 unspecified atom stereocenters. The summed E-state index contributed by atoms with van der Waals surface area (Å²) in [5, 5.41) is 18.8. The van der Waals surface area contributed by atoms with Crippen LogP contribution in [0.25, 0.3) is 0 Å². The van der Waals surface area contributed by atoms with Crippen molar-refractivity contribution >= 4 is 5.97 Å². The van der Waals surface area contributed by atoms with E-state index in [1.165, 1.54) is 0 Å². The maximum Gasteiger partial charge on any atom is 0.305 e. The van der Waals surface area contributed by atoms with Gasteiger partial charge in [0, 0.05) is 24.7 Å². The Hall–Kier alpha value is -1.79. The Kier molecular flexibility index (Phi) is 4.81. The number of aromatic hydroxyl groups is 1. The van der Waals surface area contributed by atoms with Gasteiger partial charge in [-0.05, 0) is 18.2 Å². The topological polar surface area (TPSA) is 79.2 Å². The van der Waals surface area contributed by atoms with E-state index < -0.39 is 5.97 Å². The van der Waals surface area contributed by atoms with E-state index in [0.29, 0.717) is 32.1 Å². The van der Waals surface area contributed by atoms with E-state index in [2.05, 4.69) is 0 Å². The Morgan fingerprint density at radius 2 is 2.35 bits per heavy atom. The molecular formula is C14H19NO5. The molecule has 2 rings (SSSR count). The molecule has 0 aliphatic carbocycles. The molecule has 0 radical (unpaired) electrons. The minimum Gasteiger partial charge on any atom is -0.508 e. The zero-order chi connectivity index (χ0) is 14.5. The molecule has 1 aliphatic heterocycles. The van der Waals surface area contributed by atoms with Crippen molar-refractivity contribution in [2.24, 2.45) is 0 Å². The van der Waals surface area contributed by atoms with Crippen LogP contribution >= 0.6 is 0 Å². The molecule has 1 aromatic rings. The number of hydrogen-bond donors (Lipinski definition) is 2.